The number of fused-ring (bicyclic) bond motifs is 1. The number of amides is 1. The van der Waals surface area contributed by atoms with Gasteiger partial charge in [-0.25, -0.2) is 18.5 Å². The minimum absolute atomic E-state index is 0.0400. The van der Waals surface area contributed by atoms with Crippen molar-refractivity contribution in [2.45, 2.75) is 39.0 Å². The van der Waals surface area contributed by atoms with Crippen molar-refractivity contribution in [3.05, 3.63) is 41.9 Å². The molecule has 9 nitrogen and oxygen atoms in total. The van der Waals surface area contributed by atoms with E-state index in [-0.39, 0.29) is 11.7 Å². The smallest absolute Gasteiger partial charge is 0.220 e. The fourth-order valence-electron chi connectivity index (χ4n) is 3.60. The molecule has 0 saturated carbocycles. The van der Waals surface area contributed by atoms with Crippen molar-refractivity contribution in [2.24, 2.45) is 12.2 Å². The standard InChI is InChI=1S/C20H28N6O3S/c1-15-17(9-12-22-18(27)8-4-3-5-14-30(21,28)29)20(25(2)24-15)26-13-10-16-7-6-11-23-19(16)26/h6-7,10-11,13H,3-5,8-9,12,14H2,1-2H3,(H,22,27)(H2,21,28,29). The monoisotopic (exact) mass is 432 g/mol. The van der Waals surface area contributed by atoms with Crippen LogP contribution in [0.3, 0.4) is 0 Å². The third-order valence-electron chi connectivity index (χ3n) is 5.02. The van der Waals surface area contributed by atoms with E-state index in [0.717, 1.165) is 28.1 Å². The highest BCUT2D eigenvalue weighted by molar-refractivity contribution is 7.89. The van der Waals surface area contributed by atoms with E-state index in [2.05, 4.69) is 15.4 Å². The molecule has 0 unspecified atom stereocenters. The fraction of sp³-hybridized carbons (Fsp3) is 0.450. The maximum Gasteiger partial charge on any atom is 0.220 e. The second-order valence-corrected chi connectivity index (χ2v) is 9.12. The van der Waals surface area contributed by atoms with Crippen molar-refractivity contribution >= 4 is 27.0 Å². The Balaban J connectivity index is 1.57. The number of pyridine rings is 1. The number of primary sulfonamides is 1. The summed E-state index contributed by atoms with van der Waals surface area (Å²) in [6.45, 7) is 2.47. The molecule has 0 spiro atoms. The number of hydrogen-bond acceptors (Lipinski definition) is 5. The Morgan fingerprint density at radius 3 is 2.80 bits per heavy atom. The highest BCUT2D eigenvalue weighted by atomic mass is 32.2. The summed E-state index contributed by atoms with van der Waals surface area (Å²) in [4.78, 5) is 16.6. The van der Waals surface area contributed by atoms with Gasteiger partial charge in [0.25, 0.3) is 0 Å². The van der Waals surface area contributed by atoms with Gasteiger partial charge in [-0.1, -0.05) is 6.42 Å². The van der Waals surface area contributed by atoms with Gasteiger partial charge in [-0.2, -0.15) is 5.10 Å². The molecule has 0 atom stereocenters. The highest BCUT2D eigenvalue weighted by Crippen LogP contribution is 2.23. The van der Waals surface area contributed by atoms with Crippen molar-refractivity contribution < 1.29 is 13.2 Å². The average molecular weight is 433 g/mol. The molecule has 0 aliphatic rings. The summed E-state index contributed by atoms with van der Waals surface area (Å²) in [6, 6.07) is 5.95. The Bertz CT molecular complexity index is 1130. The number of sulfonamides is 1. The zero-order valence-corrected chi connectivity index (χ0v) is 18.2. The van der Waals surface area contributed by atoms with Crippen LogP contribution in [0, 0.1) is 6.92 Å². The summed E-state index contributed by atoms with van der Waals surface area (Å²) in [7, 11) is -1.52. The Labute approximate surface area is 176 Å². The van der Waals surface area contributed by atoms with E-state index in [0.29, 0.717) is 38.6 Å². The van der Waals surface area contributed by atoms with Gasteiger partial charge in [-0.05, 0) is 44.4 Å². The zero-order chi connectivity index (χ0) is 21.7. The van der Waals surface area contributed by atoms with Gasteiger partial charge >= 0.3 is 0 Å². The first-order chi connectivity index (χ1) is 14.3. The number of rotatable bonds is 10. The van der Waals surface area contributed by atoms with Crippen LogP contribution in [0.2, 0.25) is 0 Å². The number of hydrogen-bond donors (Lipinski definition) is 2. The van der Waals surface area contributed by atoms with Crippen LogP contribution in [0.1, 0.15) is 36.9 Å². The molecule has 3 N–H and O–H groups in total. The van der Waals surface area contributed by atoms with Crippen LogP contribution < -0.4 is 10.5 Å². The molecular weight excluding hydrogens is 404 g/mol. The molecule has 0 bridgehead atoms. The first-order valence-corrected chi connectivity index (χ1v) is 11.7. The lowest BCUT2D eigenvalue weighted by Crippen LogP contribution is -2.25. The molecule has 0 saturated heterocycles. The Morgan fingerprint density at radius 1 is 1.23 bits per heavy atom. The van der Waals surface area contributed by atoms with Crippen LogP contribution in [0.4, 0.5) is 0 Å². The van der Waals surface area contributed by atoms with E-state index in [1.807, 2.05) is 47.6 Å². The SMILES string of the molecule is Cc1nn(C)c(-n2ccc3cccnc32)c1CCNC(=O)CCCCCS(N)(=O)=O. The van der Waals surface area contributed by atoms with Gasteiger partial charge in [-0.3, -0.25) is 14.0 Å². The minimum Gasteiger partial charge on any atom is -0.356 e. The Kier molecular flexibility index (Phi) is 6.88. The van der Waals surface area contributed by atoms with E-state index in [1.54, 1.807) is 6.20 Å². The molecular formula is C20H28N6O3S. The summed E-state index contributed by atoms with van der Waals surface area (Å²) >= 11 is 0. The van der Waals surface area contributed by atoms with Crippen molar-refractivity contribution in [1.29, 1.82) is 0 Å². The quantitative estimate of drug-likeness (QED) is 0.471. The molecule has 0 aliphatic heterocycles. The lowest BCUT2D eigenvalue weighted by molar-refractivity contribution is -0.121. The second kappa shape index (κ2) is 9.40. The summed E-state index contributed by atoms with van der Waals surface area (Å²) in [5, 5.41) is 13.5. The molecule has 10 heteroatoms. The van der Waals surface area contributed by atoms with Gasteiger partial charge in [-0.15, -0.1) is 0 Å². The van der Waals surface area contributed by atoms with E-state index in [1.165, 1.54) is 0 Å². The number of nitrogens with zero attached hydrogens (tertiary/aromatic N) is 4. The first-order valence-electron chi connectivity index (χ1n) is 9.98. The number of carbonyl (C=O) groups excluding carboxylic acids is 1. The maximum atomic E-state index is 12.1. The molecule has 0 aromatic carbocycles. The molecule has 162 valence electrons. The average Bonchev–Trinajstić information content (AvgIpc) is 3.21. The van der Waals surface area contributed by atoms with Crippen LogP contribution in [0.25, 0.3) is 16.9 Å². The van der Waals surface area contributed by atoms with E-state index >= 15 is 0 Å². The summed E-state index contributed by atoms with van der Waals surface area (Å²) < 4.78 is 25.7. The molecule has 0 fully saturated rings. The molecule has 1 amide bonds. The molecule has 0 aliphatic carbocycles. The number of nitrogens with one attached hydrogen (secondary N) is 1. The minimum atomic E-state index is -3.42. The number of nitrogens with two attached hydrogens (primary N) is 1. The van der Waals surface area contributed by atoms with E-state index in [9.17, 15) is 13.2 Å². The normalized spacial score (nSPS) is 11.8. The fourth-order valence-corrected chi connectivity index (χ4v) is 4.21. The number of unbranched alkanes of at least 4 members (excludes halogenated alkanes) is 2. The maximum absolute atomic E-state index is 12.1. The van der Waals surface area contributed by atoms with Crippen molar-refractivity contribution in [3.8, 4) is 5.82 Å². The Hall–Kier alpha value is -2.72. The van der Waals surface area contributed by atoms with E-state index < -0.39 is 10.0 Å². The summed E-state index contributed by atoms with van der Waals surface area (Å²) in [5.41, 5.74) is 2.85. The van der Waals surface area contributed by atoms with Crippen LogP contribution >= 0.6 is 0 Å². The van der Waals surface area contributed by atoms with Crippen LogP contribution in [0.5, 0.6) is 0 Å². The van der Waals surface area contributed by atoms with Crippen LogP contribution in [0.15, 0.2) is 30.6 Å². The third-order valence-corrected chi connectivity index (χ3v) is 5.88. The molecule has 3 aromatic rings. The van der Waals surface area contributed by atoms with Gasteiger partial charge in [0.05, 0.1) is 11.4 Å². The third kappa shape index (κ3) is 5.45. The van der Waals surface area contributed by atoms with E-state index in [4.69, 9.17) is 5.14 Å². The van der Waals surface area contributed by atoms with Crippen LogP contribution in [-0.4, -0.2) is 46.0 Å². The van der Waals surface area contributed by atoms with Gasteiger partial charge < -0.3 is 5.32 Å². The first kappa shape index (κ1) is 22.0. The topological polar surface area (TPSA) is 125 Å². The van der Waals surface area contributed by atoms with Crippen molar-refractivity contribution in [1.82, 2.24) is 24.6 Å². The second-order valence-electron chi connectivity index (χ2n) is 7.39. The number of carbonyl (C=O) groups is 1. The molecule has 3 aromatic heterocycles. The zero-order valence-electron chi connectivity index (χ0n) is 17.3. The van der Waals surface area contributed by atoms with Gasteiger partial charge in [0.2, 0.25) is 15.9 Å². The summed E-state index contributed by atoms with van der Waals surface area (Å²) in [5.74, 6) is 0.862. The van der Waals surface area contributed by atoms with Gasteiger partial charge in [0.15, 0.2) is 0 Å². The molecule has 3 heterocycles. The van der Waals surface area contributed by atoms with Crippen molar-refractivity contribution in [2.75, 3.05) is 12.3 Å². The number of aromatic nitrogens is 4. The summed E-state index contributed by atoms with van der Waals surface area (Å²) in [6.07, 6.45) is 6.54. The predicted octanol–water partition coefficient (Wildman–Crippen LogP) is 1.58. The number of aryl methyl sites for hydroxylation is 2. The molecule has 0 radical (unpaired) electrons. The van der Waals surface area contributed by atoms with Gasteiger partial charge in [0, 0.05) is 43.4 Å². The lowest BCUT2D eigenvalue weighted by atomic mass is 10.1. The van der Waals surface area contributed by atoms with Crippen LogP contribution in [-0.2, 0) is 28.3 Å². The Morgan fingerprint density at radius 2 is 2.03 bits per heavy atom. The highest BCUT2D eigenvalue weighted by Gasteiger charge is 2.17. The van der Waals surface area contributed by atoms with Gasteiger partial charge in [0.1, 0.15) is 11.5 Å². The molecule has 3 rings (SSSR count). The lowest BCUT2D eigenvalue weighted by Gasteiger charge is -2.10. The van der Waals surface area contributed by atoms with Crippen molar-refractivity contribution in [3.63, 3.8) is 0 Å². The predicted molar refractivity (Wildman–Crippen MR) is 116 cm³/mol. The molecule has 30 heavy (non-hydrogen) atoms. The largest absolute Gasteiger partial charge is 0.356 e.